The van der Waals surface area contributed by atoms with E-state index in [0.717, 1.165) is 0 Å². The molecule has 0 N–H and O–H groups in total. The first kappa shape index (κ1) is 31.4. The summed E-state index contributed by atoms with van der Waals surface area (Å²) in [7, 11) is 0. The summed E-state index contributed by atoms with van der Waals surface area (Å²) in [5.41, 5.74) is 11.5. The third-order valence-corrected chi connectivity index (χ3v) is 7.66. The summed E-state index contributed by atoms with van der Waals surface area (Å²) < 4.78 is 0. The molecule has 0 saturated carbocycles. The van der Waals surface area contributed by atoms with Crippen molar-refractivity contribution in [3.8, 4) is 0 Å². The number of hydrogen-bond donors (Lipinski definition) is 0. The fourth-order valence-electron chi connectivity index (χ4n) is 5.10. The van der Waals surface area contributed by atoms with Gasteiger partial charge in [0.15, 0.2) is 0 Å². The van der Waals surface area contributed by atoms with Crippen molar-refractivity contribution in [2.75, 3.05) is 0 Å². The molecule has 0 nitrogen and oxygen atoms in total. The highest BCUT2D eigenvalue weighted by Crippen LogP contribution is 2.40. The van der Waals surface area contributed by atoms with E-state index in [2.05, 4.69) is 140 Å². The van der Waals surface area contributed by atoms with Gasteiger partial charge in [-0.15, -0.1) is 0 Å². The van der Waals surface area contributed by atoms with Crippen molar-refractivity contribution in [1.82, 2.24) is 0 Å². The Morgan fingerprint density at radius 2 is 1.03 bits per heavy atom. The minimum atomic E-state index is 0.293. The molecule has 0 amide bonds. The lowest BCUT2D eigenvalue weighted by atomic mass is 9.72. The number of rotatable bonds is 10. The third kappa shape index (κ3) is 11.7. The molecule has 0 heteroatoms. The smallest absolute Gasteiger partial charge is 0.0104 e. The van der Waals surface area contributed by atoms with Crippen molar-refractivity contribution in [3.05, 3.63) is 130 Å². The highest BCUT2D eigenvalue weighted by atomic mass is 14.3. The Morgan fingerprint density at radius 1 is 0.553 bits per heavy atom. The molecule has 0 saturated heterocycles. The molecule has 0 aliphatic heterocycles. The van der Waals surface area contributed by atoms with Crippen molar-refractivity contribution in [1.29, 1.82) is 0 Å². The van der Waals surface area contributed by atoms with Crippen LogP contribution in [0.3, 0.4) is 0 Å². The lowest BCUT2D eigenvalue weighted by Gasteiger charge is -2.32. The van der Waals surface area contributed by atoms with Crippen LogP contribution in [0.15, 0.2) is 130 Å². The molecule has 38 heavy (non-hydrogen) atoms. The van der Waals surface area contributed by atoms with E-state index in [4.69, 9.17) is 0 Å². The predicted molar refractivity (Wildman–Crippen MR) is 172 cm³/mol. The Balaban J connectivity index is 1.85. The van der Waals surface area contributed by atoms with Crippen molar-refractivity contribution in [2.45, 2.75) is 100 Å². The quantitative estimate of drug-likeness (QED) is 0.257. The molecule has 0 fully saturated rings. The zero-order valence-corrected chi connectivity index (χ0v) is 25.5. The Labute approximate surface area is 235 Å². The van der Waals surface area contributed by atoms with Crippen molar-refractivity contribution in [3.63, 3.8) is 0 Å². The summed E-state index contributed by atoms with van der Waals surface area (Å²) in [5, 5.41) is 0. The summed E-state index contributed by atoms with van der Waals surface area (Å²) >= 11 is 0. The molecule has 0 unspecified atom stereocenters. The first-order valence-corrected chi connectivity index (χ1v) is 14.6. The second-order valence-electron chi connectivity index (χ2n) is 11.9. The standard InChI is InChI=1S/C38H52/c1-30(18-13-20-32(3)25-27-36-24-12-11-22-34(36)5)16-9-10-17-31(2)19-14-21-33(4)26-28-37-35(6)23-15-29-38(37,7)8/h9-10,13-14,16-21,25-28H,11-12,15,22-24,29H2,1-8H3/b10-9+,18-13+,19-14+,27-25+,28-26+,30-16+,31-17+,32-20+,33-21+. The van der Waals surface area contributed by atoms with E-state index in [1.807, 2.05) is 0 Å². The molecule has 0 spiro atoms. The van der Waals surface area contributed by atoms with Crippen molar-refractivity contribution < 1.29 is 0 Å². The van der Waals surface area contributed by atoms with Gasteiger partial charge in [0.2, 0.25) is 0 Å². The van der Waals surface area contributed by atoms with E-state index >= 15 is 0 Å². The summed E-state index contributed by atoms with van der Waals surface area (Å²) in [6.07, 6.45) is 39.7. The lowest BCUT2D eigenvalue weighted by molar-refractivity contribution is 0.377. The Hall–Kier alpha value is -2.86. The Morgan fingerprint density at radius 3 is 1.58 bits per heavy atom. The number of allylic oxidation sites excluding steroid dienone is 22. The fourth-order valence-corrected chi connectivity index (χ4v) is 5.10. The van der Waals surface area contributed by atoms with E-state index < -0.39 is 0 Å². The Bertz CT molecular complexity index is 1140. The molecule has 0 aromatic rings. The first-order valence-electron chi connectivity index (χ1n) is 14.6. The summed E-state index contributed by atoms with van der Waals surface area (Å²) in [6, 6.07) is 0. The molecule has 0 radical (unpaired) electrons. The van der Waals surface area contributed by atoms with Crippen LogP contribution in [0, 0.1) is 5.41 Å². The second kappa shape index (κ2) is 16.2. The third-order valence-electron chi connectivity index (χ3n) is 7.66. The van der Waals surface area contributed by atoms with Gasteiger partial charge in [-0.3, -0.25) is 0 Å². The second-order valence-corrected chi connectivity index (χ2v) is 11.9. The van der Waals surface area contributed by atoms with Gasteiger partial charge in [0.05, 0.1) is 0 Å². The minimum Gasteiger partial charge on any atom is -0.0701 e. The van der Waals surface area contributed by atoms with Gasteiger partial charge in [-0.2, -0.15) is 0 Å². The lowest BCUT2D eigenvalue weighted by Crippen LogP contribution is -2.19. The summed E-state index contributed by atoms with van der Waals surface area (Å²) in [6.45, 7) is 17.9. The maximum Gasteiger partial charge on any atom is -0.0104 e. The van der Waals surface area contributed by atoms with E-state index in [0.29, 0.717) is 5.41 Å². The predicted octanol–water partition coefficient (Wildman–Crippen LogP) is 12.0. The van der Waals surface area contributed by atoms with Crippen LogP contribution < -0.4 is 0 Å². The molecule has 204 valence electrons. The van der Waals surface area contributed by atoms with Crippen LogP contribution in [0.5, 0.6) is 0 Å². The minimum absolute atomic E-state index is 0.293. The van der Waals surface area contributed by atoms with Gasteiger partial charge in [-0.25, -0.2) is 0 Å². The molecular weight excluding hydrogens is 456 g/mol. The topological polar surface area (TPSA) is 0 Å². The van der Waals surface area contributed by atoms with Crippen LogP contribution in [-0.2, 0) is 0 Å². The number of hydrogen-bond acceptors (Lipinski definition) is 0. The van der Waals surface area contributed by atoms with E-state index in [-0.39, 0.29) is 0 Å². The van der Waals surface area contributed by atoms with Gasteiger partial charge in [0.1, 0.15) is 0 Å². The fraction of sp³-hybridized carbons (Fsp3) is 0.421. The molecule has 2 rings (SSSR count). The van der Waals surface area contributed by atoms with Crippen LogP contribution in [0.25, 0.3) is 0 Å². The van der Waals surface area contributed by atoms with Gasteiger partial charge < -0.3 is 0 Å². The zero-order chi connectivity index (χ0) is 28.0. The van der Waals surface area contributed by atoms with E-state index in [1.165, 1.54) is 78.4 Å². The monoisotopic (exact) mass is 508 g/mol. The average molecular weight is 509 g/mol. The van der Waals surface area contributed by atoms with Crippen LogP contribution in [0.1, 0.15) is 100 Å². The van der Waals surface area contributed by atoms with E-state index in [9.17, 15) is 0 Å². The van der Waals surface area contributed by atoms with Crippen LogP contribution in [0.4, 0.5) is 0 Å². The van der Waals surface area contributed by atoms with Gasteiger partial charge >= 0.3 is 0 Å². The normalized spacial score (nSPS) is 21.1. The van der Waals surface area contributed by atoms with Gasteiger partial charge in [0.25, 0.3) is 0 Å². The van der Waals surface area contributed by atoms with Crippen LogP contribution in [0.2, 0.25) is 0 Å². The maximum atomic E-state index is 2.37. The Kier molecular flexibility index (Phi) is 13.4. The van der Waals surface area contributed by atoms with E-state index in [1.54, 1.807) is 11.1 Å². The molecule has 0 aromatic carbocycles. The molecule has 0 aromatic heterocycles. The van der Waals surface area contributed by atoms with Gasteiger partial charge in [0, 0.05) is 0 Å². The largest absolute Gasteiger partial charge is 0.0701 e. The highest BCUT2D eigenvalue weighted by Gasteiger charge is 2.26. The molecule has 0 bridgehead atoms. The molecule has 0 heterocycles. The van der Waals surface area contributed by atoms with Crippen molar-refractivity contribution >= 4 is 0 Å². The molecule has 2 aliphatic carbocycles. The SMILES string of the molecule is CC1=C(/C=C/C(C)=C/C=C/C(C)=C/C=C/C=C(C)/C=C/C=C(C)/C=C/C2=C(C)CCCC2(C)C)CCCC1. The average Bonchev–Trinajstić information content (AvgIpc) is 2.85. The maximum absolute atomic E-state index is 2.37. The van der Waals surface area contributed by atoms with Gasteiger partial charge in [-0.1, -0.05) is 132 Å². The molecule has 0 atom stereocenters. The highest BCUT2D eigenvalue weighted by molar-refractivity contribution is 5.38. The van der Waals surface area contributed by atoms with Gasteiger partial charge in [-0.05, 0) is 103 Å². The van der Waals surface area contributed by atoms with Crippen molar-refractivity contribution in [2.24, 2.45) is 5.41 Å². The summed E-state index contributed by atoms with van der Waals surface area (Å²) in [5.74, 6) is 0. The zero-order valence-electron chi connectivity index (χ0n) is 25.5. The van der Waals surface area contributed by atoms with Crippen LogP contribution in [-0.4, -0.2) is 0 Å². The van der Waals surface area contributed by atoms with Crippen LogP contribution >= 0.6 is 0 Å². The molecular formula is C38H52. The molecule has 2 aliphatic rings. The summed E-state index contributed by atoms with van der Waals surface area (Å²) in [4.78, 5) is 0. The first-order chi connectivity index (χ1) is 18.1.